The van der Waals surface area contributed by atoms with Gasteiger partial charge < -0.3 is 10.1 Å². The molecule has 3 aromatic heterocycles. The Balaban J connectivity index is 1.79. The number of hydrogen-bond acceptors (Lipinski definition) is 4. The molecule has 5 nitrogen and oxygen atoms in total. The Morgan fingerprint density at radius 1 is 1.10 bits per heavy atom. The number of rotatable bonds is 2. The summed E-state index contributed by atoms with van der Waals surface area (Å²) in [5, 5.41) is 0. The molecule has 0 aromatic carbocycles. The summed E-state index contributed by atoms with van der Waals surface area (Å²) in [4.78, 5) is 13.6. The summed E-state index contributed by atoms with van der Waals surface area (Å²) in [5.41, 5.74) is 8.70. The zero-order valence-corrected chi connectivity index (χ0v) is 11.7. The Labute approximate surface area is 122 Å². The molecule has 0 spiro atoms. The van der Waals surface area contributed by atoms with Crippen LogP contribution in [-0.4, -0.2) is 19.4 Å². The van der Waals surface area contributed by atoms with Gasteiger partial charge >= 0.3 is 0 Å². The molecule has 0 radical (unpaired) electrons. The van der Waals surface area contributed by atoms with Crippen LogP contribution in [-0.2, 0) is 0 Å². The molecular weight excluding hydrogens is 262 g/mol. The number of aromatic nitrogens is 4. The lowest BCUT2D eigenvalue weighted by Crippen LogP contribution is -2.03. The Hall–Kier alpha value is -2.43. The fraction of sp³-hybridized carbons (Fsp3) is 0.312. The molecule has 3 aromatic rings. The minimum atomic E-state index is 0.520. The van der Waals surface area contributed by atoms with Gasteiger partial charge in [0, 0.05) is 30.1 Å². The van der Waals surface area contributed by atoms with Crippen LogP contribution in [0.1, 0.15) is 37.3 Å². The van der Waals surface area contributed by atoms with E-state index in [2.05, 4.69) is 9.97 Å². The molecule has 0 bridgehead atoms. The van der Waals surface area contributed by atoms with Gasteiger partial charge in [0.15, 0.2) is 5.82 Å². The fourth-order valence-corrected chi connectivity index (χ4v) is 3.07. The van der Waals surface area contributed by atoms with Gasteiger partial charge in [0.25, 0.3) is 0 Å². The number of nitrogens with zero attached hydrogens (tertiary/aromatic N) is 4. The molecule has 5 heteroatoms. The molecule has 0 unspecified atom stereocenters. The second-order valence-corrected chi connectivity index (χ2v) is 5.61. The van der Waals surface area contributed by atoms with Crippen LogP contribution in [0.2, 0.25) is 0 Å². The number of hydrogen-bond donors (Lipinski definition) is 1. The van der Waals surface area contributed by atoms with Crippen LogP contribution in [0.15, 0.2) is 36.7 Å². The number of fused-ring (bicyclic) bond motifs is 1. The molecule has 3 heterocycles. The van der Waals surface area contributed by atoms with Crippen molar-refractivity contribution < 1.29 is 0 Å². The van der Waals surface area contributed by atoms with Crippen LogP contribution >= 0.6 is 0 Å². The van der Waals surface area contributed by atoms with Crippen LogP contribution in [0.3, 0.4) is 0 Å². The molecule has 2 N–H and O–H groups in total. The van der Waals surface area contributed by atoms with Gasteiger partial charge in [-0.25, -0.2) is 15.0 Å². The first-order valence-electron chi connectivity index (χ1n) is 7.38. The van der Waals surface area contributed by atoms with E-state index in [0.717, 1.165) is 17.0 Å². The smallest absolute Gasteiger partial charge is 0.182 e. The number of nitrogens with two attached hydrogens (primary N) is 1. The maximum Gasteiger partial charge on any atom is 0.182 e. The van der Waals surface area contributed by atoms with Gasteiger partial charge in [-0.1, -0.05) is 18.9 Å². The average Bonchev–Trinajstić information content (AvgIpc) is 3.16. The van der Waals surface area contributed by atoms with Gasteiger partial charge in [0.2, 0.25) is 0 Å². The fourth-order valence-electron chi connectivity index (χ4n) is 3.07. The largest absolute Gasteiger partial charge is 0.384 e. The summed E-state index contributed by atoms with van der Waals surface area (Å²) in [6.45, 7) is 0. The van der Waals surface area contributed by atoms with E-state index in [9.17, 15) is 0 Å². The van der Waals surface area contributed by atoms with E-state index < -0.39 is 0 Å². The minimum Gasteiger partial charge on any atom is -0.384 e. The molecule has 1 aliphatic carbocycles. The van der Waals surface area contributed by atoms with Crippen LogP contribution in [0.25, 0.3) is 17.2 Å². The van der Waals surface area contributed by atoms with Crippen molar-refractivity contribution in [2.75, 3.05) is 5.73 Å². The highest BCUT2D eigenvalue weighted by molar-refractivity contribution is 5.57. The van der Waals surface area contributed by atoms with E-state index in [1.807, 2.05) is 41.1 Å². The van der Waals surface area contributed by atoms with Crippen molar-refractivity contribution >= 4 is 11.5 Å². The second-order valence-electron chi connectivity index (χ2n) is 5.61. The van der Waals surface area contributed by atoms with Gasteiger partial charge in [-0.2, -0.15) is 0 Å². The molecule has 21 heavy (non-hydrogen) atoms. The summed E-state index contributed by atoms with van der Waals surface area (Å²) in [6.07, 6.45) is 8.86. The van der Waals surface area contributed by atoms with Crippen LogP contribution in [0.5, 0.6) is 0 Å². The molecule has 0 amide bonds. The third-order valence-electron chi connectivity index (χ3n) is 4.13. The normalized spacial score (nSPS) is 15.8. The highest BCUT2D eigenvalue weighted by atomic mass is 15.0. The quantitative estimate of drug-likeness (QED) is 0.782. The molecule has 0 atom stereocenters. The topological polar surface area (TPSA) is 69.1 Å². The lowest BCUT2D eigenvalue weighted by molar-refractivity contribution is 0.696. The third kappa shape index (κ3) is 2.24. The Morgan fingerprint density at radius 2 is 1.95 bits per heavy atom. The van der Waals surface area contributed by atoms with Crippen LogP contribution in [0.4, 0.5) is 5.82 Å². The van der Waals surface area contributed by atoms with E-state index >= 15 is 0 Å². The second kappa shape index (κ2) is 4.84. The maximum atomic E-state index is 5.97. The first-order chi connectivity index (χ1) is 10.3. The van der Waals surface area contributed by atoms with E-state index in [0.29, 0.717) is 17.6 Å². The highest BCUT2D eigenvalue weighted by Crippen LogP contribution is 2.34. The van der Waals surface area contributed by atoms with Gasteiger partial charge in [0.05, 0.1) is 0 Å². The van der Waals surface area contributed by atoms with Crippen molar-refractivity contribution in [3.05, 3.63) is 42.4 Å². The standard InChI is InChI=1S/C16H17N5/c17-14-9-12(11-5-1-2-6-11)19-16(20-14)13-10-21-8-4-3-7-15(21)18-13/h3-4,7-11H,1-2,5-6H2,(H2,17,19,20). The molecule has 1 saturated carbocycles. The predicted octanol–water partition coefficient (Wildman–Crippen LogP) is 3.03. The third-order valence-corrected chi connectivity index (χ3v) is 4.13. The summed E-state index contributed by atoms with van der Waals surface area (Å²) in [5.74, 6) is 1.67. The zero-order chi connectivity index (χ0) is 14.2. The van der Waals surface area contributed by atoms with Crippen LogP contribution < -0.4 is 5.73 Å². The van der Waals surface area contributed by atoms with E-state index in [-0.39, 0.29) is 0 Å². The van der Waals surface area contributed by atoms with E-state index in [1.165, 1.54) is 25.7 Å². The van der Waals surface area contributed by atoms with Gasteiger partial charge in [-0.05, 0) is 25.0 Å². The molecule has 0 saturated heterocycles. The van der Waals surface area contributed by atoms with Crippen molar-refractivity contribution in [2.45, 2.75) is 31.6 Å². The number of imidazole rings is 1. The number of pyridine rings is 1. The van der Waals surface area contributed by atoms with Crippen molar-refractivity contribution in [1.29, 1.82) is 0 Å². The van der Waals surface area contributed by atoms with Gasteiger partial charge in [0.1, 0.15) is 17.2 Å². The molecule has 106 valence electrons. The minimum absolute atomic E-state index is 0.520. The summed E-state index contributed by atoms with van der Waals surface area (Å²) >= 11 is 0. The molecule has 1 fully saturated rings. The zero-order valence-electron chi connectivity index (χ0n) is 11.7. The van der Waals surface area contributed by atoms with Crippen molar-refractivity contribution in [3.63, 3.8) is 0 Å². The number of nitrogen functional groups attached to an aromatic ring is 1. The SMILES string of the molecule is Nc1cc(C2CCCC2)nc(-c2cn3ccccc3n2)n1. The van der Waals surface area contributed by atoms with Crippen molar-refractivity contribution in [3.8, 4) is 11.5 Å². The molecule has 0 aliphatic heterocycles. The Kier molecular flexibility index (Phi) is 2.84. The summed E-state index contributed by atoms with van der Waals surface area (Å²) in [7, 11) is 0. The molecule has 4 rings (SSSR count). The average molecular weight is 279 g/mol. The Bertz CT molecular complexity index is 753. The van der Waals surface area contributed by atoms with Crippen LogP contribution in [0, 0.1) is 0 Å². The van der Waals surface area contributed by atoms with Crippen molar-refractivity contribution in [2.24, 2.45) is 0 Å². The van der Waals surface area contributed by atoms with Gasteiger partial charge in [-0.3, -0.25) is 0 Å². The Morgan fingerprint density at radius 3 is 2.76 bits per heavy atom. The monoisotopic (exact) mass is 279 g/mol. The maximum absolute atomic E-state index is 5.97. The van der Waals surface area contributed by atoms with Gasteiger partial charge in [-0.15, -0.1) is 0 Å². The highest BCUT2D eigenvalue weighted by Gasteiger charge is 2.20. The summed E-state index contributed by atoms with van der Waals surface area (Å²) in [6, 6.07) is 7.82. The summed E-state index contributed by atoms with van der Waals surface area (Å²) < 4.78 is 1.97. The number of anilines is 1. The van der Waals surface area contributed by atoms with E-state index in [1.54, 1.807) is 0 Å². The molecule has 1 aliphatic rings. The lowest BCUT2D eigenvalue weighted by atomic mass is 10.0. The first kappa shape index (κ1) is 12.3. The predicted molar refractivity (Wildman–Crippen MR) is 81.8 cm³/mol. The molecular formula is C16H17N5. The van der Waals surface area contributed by atoms with E-state index in [4.69, 9.17) is 10.7 Å². The first-order valence-corrected chi connectivity index (χ1v) is 7.38. The van der Waals surface area contributed by atoms with Crippen molar-refractivity contribution in [1.82, 2.24) is 19.4 Å². The lowest BCUT2D eigenvalue weighted by Gasteiger charge is -2.10.